The lowest BCUT2D eigenvalue weighted by Gasteiger charge is -2.08. The fourth-order valence-electron chi connectivity index (χ4n) is 2.41. The van der Waals surface area contributed by atoms with Crippen LogP contribution in [-0.4, -0.2) is 46.6 Å². The number of carbonyl (C=O) groups is 2. The van der Waals surface area contributed by atoms with Gasteiger partial charge < -0.3 is 16.2 Å². The number of hydrogen-bond acceptors (Lipinski definition) is 8. The number of ether oxygens (including phenoxy) is 1. The zero-order chi connectivity index (χ0) is 21.3. The van der Waals surface area contributed by atoms with E-state index in [1.54, 1.807) is 0 Å². The van der Waals surface area contributed by atoms with Crippen LogP contribution < -0.4 is 11.5 Å². The maximum Gasteiger partial charge on any atom is 0.356 e. The average molecular weight is 443 g/mol. The van der Waals surface area contributed by atoms with E-state index in [0.29, 0.717) is 0 Å². The van der Waals surface area contributed by atoms with Crippen molar-refractivity contribution in [2.45, 2.75) is 11.4 Å². The van der Waals surface area contributed by atoms with Gasteiger partial charge in [0.25, 0.3) is 16.0 Å². The third kappa shape index (κ3) is 4.40. The first-order valence-corrected chi connectivity index (χ1v) is 9.22. The monoisotopic (exact) mass is 443 g/mol. The van der Waals surface area contributed by atoms with E-state index < -0.39 is 49.9 Å². The van der Waals surface area contributed by atoms with Crippen LogP contribution in [-0.2, 0) is 21.4 Å². The summed E-state index contributed by atoms with van der Waals surface area (Å²) in [5, 5.41) is 6.05. The van der Waals surface area contributed by atoms with Gasteiger partial charge in [0, 0.05) is 12.6 Å². The molecule has 1 aromatic carbocycles. The second-order valence-corrected chi connectivity index (χ2v) is 7.06. The number of nitrogens with zero attached hydrogens (tertiary/aromatic N) is 3. The zero-order valence-electron chi connectivity index (χ0n) is 15.3. The summed E-state index contributed by atoms with van der Waals surface area (Å²) in [6.07, 6.45) is 0.757. The van der Waals surface area contributed by atoms with Crippen molar-refractivity contribution in [3.05, 3.63) is 59.0 Å². The van der Waals surface area contributed by atoms with Crippen LogP contribution in [0.5, 0.6) is 0 Å². The summed E-state index contributed by atoms with van der Waals surface area (Å²) < 4.78 is 63.9. The first-order valence-electron chi connectivity index (χ1n) is 7.78. The predicted octanol–water partition coefficient (Wildman–Crippen LogP) is 1.13. The lowest BCUT2D eigenvalue weighted by molar-refractivity contribution is 0.0590. The van der Waals surface area contributed by atoms with E-state index in [0.717, 1.165) is 36.0 Å². The molecule has 0 saturated heterocycles. The van der Waals surface area contributed by atoms with Crippen molar-refractivity contribution in [1.82, 2.24) is 26.1 Å². The van der Waals surface area contributed by atoms with Crippen molar-refractivity contribution < 1.29 is 36.1 Å². The molecule has 160 valence electrons. The first-order chi connectivity index (χ1) is 13.6. The molecule has 0 bridgehead atoms. The number of carbonyl (C=O) groups excluding carboxylic acids is 2. The van der Waals surface area contributed by atoms with E-state index >= 15 is 0 Å². The minimum atomic E-state index is -4.75. The molecule has 30 heavy (non-hydrogen) atoms. The molecule has 14 heteroatoms. The van der Waals surface area contributed by atoms with E-state index in [-0.39, 0.29) is 24.0 Å². The molecule has 0 saturated carbocycles. The molecule has 0 fully saturated rings. The number of methoxy groups -OCH3 is 1. The SMILES string of the molecule is COC(=O)c1cc(C(=O)NCc2ccc(F)c(F)c2)nc2c(S(=O)(=O)O)cnn12.N. The van der Waals surface area contributed by atoms with Gasteiger partial charge in [-0.3, -0.25) is 9.35 Å². The topological polar surface area (TPSA) is 175 Å². The van der Waals surface area contributed by atoms with Gasteiger partial charge in [-0.25, -0.2) is 23.1 Å². The van der Waals surface area contributed by atoms with Gasteiger partial charge in [0.2, 0.25) is 0 Å². The summed E-state index contributed by atoms with van der Waals surface area (Å²) in [5.74, 6) is -3.95. The summed E-state index contributed by atoms with van der Waals surface area (Å²) in [7, 11) is -3.69. The molecule has 5 N–H and O–H groups in total. The van der Waals surface area contributed by atoms with Crippen molar-refractivity contribution in [3.8, 4) is 0 Å². The number of amides is 1. The second-order valence-electron chi connectivity index (χ2n) is 5.67. The number of benzene rings is 1. The Balaban J connectivity index is 0.00000320. The molecular weight excluding hydrogens is 428 g/mol. The van der Waals surface area contributed by atoms with Gasteiger partial charge in [-0.2, -0.15) is 13.5 Å². The van der Waals surface area contributed by atoms with E-state index in [1.165, 1.54) is 6.07 Å². The lowest BCUT2D eigenvalue weighted by Crippen LogP contribution is -2.25. The summed E-state index contributed by atoms with van der Waals surface area (Å²) in [5.41, 5.74) is -0.959. The van der Waals surface area contributed by atoms with Gasteiger partial charge in [-0.15, -0.1) is 0 Å². The molecule has 3 rings (SSSR count). The zero-order valence-corrected chi connectivity index (χ0v) is 16.1. The number of fused-ring (bicyclic) bond motifs is 1. The minimum absolute atomic E-state index is 0. The number of rotatable bonds is 5. The maximum atomic E-state index is 13.3. The van der Waals surface area contributed by atoms with Crippen LogP contribution in [0, 0.1) is 11.6 Å². The van der Waals surface area contributed by atoms with Crippen LogP contribution >= 0.6 is 0 Å². The minimum Gasteiger partial charge on any atom is -0.464 e. The van der Waals surface area contributed by atoms with Gasteiger partial charge in [-0.1, -0.05) is 6.07 Å². The number of aromatic nitrogens is 3. The quantitative estimate of drug-likeness (QED) is 0.385. The normalized spacial score (nSPS) is 11.1. The Kier molecular flexibility index (Phi) is 6.44. The van der Waals surface area contributed by atoms with Gasteiger partial charge in [0.15, 0.2) is 27.9 Å². The van der Waals surface area contributed by atoms with Crippen LogP contribution in [0.15, 0.2) is 35.4 Å². The lowest BCUT2D eigenvalue weighted by atomic mass is 10.2. The van der Waals surface area contributed by atoms with Crippen molar-refractivity contribution in [2.75, 3.05) is 7.11 Å². The smallest absolute Gasteiger partial charge is 0.356 e. The van der Waals surface area contributed by atoms with Crippen molar-refractivity contribution in [3.63, 3.8) is 0 Å². The van der Waals surface area contributed by atoms with Crippen molar-refractivity contribution in [2.24, 2.45) is 0 Å². The fourth-order valence-corrected chi connectivity index (χ4v) is 2.96. The molecule has 0 unspecified atom stereocenters. The number of hydrogen-bond donors (Lipinski definition) is 3. The van der Waals surface area contributed by atoms with Crippen molar-refractivity contribution in [1.29, 1.82) is 0 Å². The van der Waals surface area contributed by atoms with E-state index in [1.807, 2.05) is 0 Å². The van der Waals surface area contributed by atoms with Crippen LogP contribution in [0.3, 0.4) is 0 Å². The van der Waals surface area contributed by atoms with Crippen LogP contribution in [0.4, 0.5) is 8.78 Å². The highest BCUT2D eigenvalue weighted by atomic mass is 32.2. The van der Waals surface area contributed by atoms with Crippen LogP contribution in [0.2, 0.25) is 0 Å². The summed E-state index contributed by atoms with van der Waals surface area (Å²) in [6.45, 7) is -0.207. The maximum absolute atomic E-state index is 13.3. The first kappa shape index (κ1) is 22.8. The third-order valence-corrected chi connectivity index (χ3v) is 4.63. The Morgan fingerprint density at radius 1 is 1.23 bits per heavy atom. The van der Waals surface area contributed by atoms with Crippen LogP contribution in [0.25, 0.3) is 5.65 Å². The highest BCUT2D eigenvalue weighted by Crippen LogP contribution is 2.18. The number of esters is 1. The average Bonchev–Trinajstić information content (AvgIpc) is 3.11. The molecule has 0 spiro atoms. The van der Waals surface area contributed by atoms with E-state index in [4.69, 9.17) is 0 Å². The molecule has 2 aromatic heterocycles. The fraction of sp³-hybridized carbons (Fsp3) is 0.125. The Labute approximate surface area is 168 Å². The van der Waals surface area contributed by atoms with Gasteiger partial charge in [0.1, 0.15) is 5.69 Å². The molecule has 11 nitrogen and oxygen atoms in total. The molecule has 2 heterocycles. The number of halogens is 2. The molecule has 1 amide bonds. The number of nitrogens with one attached hydrogen (secondary N) is 1. The molecule has 0 aliphatic heterocycles. The Morgan fingerprint density at radius 3 is 2.53 bits per heavy atom. The Bertz CT molecular complexity index is 1240. The summed E-state index contributed by atoms with van der Waals surface area (Å²) in [6, 6.07) is 4.03. The van der Waals surface area contributed by atoms with Gasteiger partial charge in [-0.05, 0) is 17.7 Å². The summed E-state index contributed by atoms with van der Waals surface area (Å²) in [4.78, 5) is 27.5. The second kappa shape index (κ2) is 8.48. The standard InChI is InChI=1S/C16H12F2N4O6S.H3N/c1-28-16(24)12-5-11(21-14-13(29(25,26)27)7-20-22(12)14)15(23)19-6-8-2-3-9(17)10(18)4-8;/h2-5,7H,6H2,1H3,(H,19,23)(H,25,26,27);1H3. The highest BCUT2D eigenvalue weighted by molar-refractivity contribution is 7.86. The van der Waals surface area contributed by atoms with Gasteiger partial charge in [0.05, 0.1) is 13.3 Å². The third-order valence-electron chi connectivity index (χ3n) is 3.78. The molecule has 0 aliphatic rings. The van der Waals surface area contributed by atoms with Crippen LogP contribution in [0.1, 0.15) is 26.5 Å². The summed E-state index contributed by atoms with van der Waals surface area (Å²) >= 11 is 0. The molecular formula is C16H15F2N5O6S. The molecule has 0 aliphatic carbocycles. The predicted molar refractivity (Wildman–Crippen MR) is 96.7 cm³/mol. The Morgan fingerprint density at radius 2 is 1.93 bits per heavy atom. The van der Waals surface area contributed by atoms with Gasteiger partial charge >= 0.3 is 5.97 Å². The van der Waals surface area contributed by atoms with Crippen molar-refractivity contribution >= 4 is 27.6 Å². The molecule has 0 atom stereocenters. The van der Waals surface area contributed by atoms with E-state index in [2.05, 4.69) is 20.1 Å². The molecule has 3 aromatic rings. The highest BCUT2D eigenvalue weighted by Gasteiger charge is 2.24. The molecule has 0 radical (unpaired) electrons. The largest absolute Gasteiger partial charge is 0.464 e. The van der Waals surface area contributed by atoms with E-state index in [9.17, 15) is 31.3 Å². The Hall–Kier alpha value is -3.49.